The molecular weight excluding hydrogens is 348 g/mol. The van der Waals surface area contributed by atoms with E-state index < -0.39 is 0 Å². The van der Waals surface area contributed by atoms with E-state index >= 15 is 0 Å². The van der Waals surface area contributed by atoms with E-state index in [9.17, 15) is 4.79 Å². The summed E-state index contributed by atoms with van der Waals surface area (Å²) in [6.45, 7) is 8.11. The molecule has 0 bridgehead atoms. The third kappa shape index (κ3) is 5.48. The lowest BCUT2D eigenvalue weighted by molar-refractivity contribution is -0.954. The molecule has 2 atom stereocenters. The average Bonchev–Trinajstić information content (AvgIpc) is 3.18. The first kappa shape index (κ1) is 20.7. The van der Waals surface area contributed by atoms with Gasteiger partial charge in [-0.2, -0.15) is 0 Å². The number of nitrogens with one attached hydrogen (secondary N) is 2. The number of hydrogen-bond acceptors (Lipinski definition) is 2. The number of quaternary nitrogens is 1. The normalized spacial score (nSPS) is 17.2. The molecule has 1 saturated carbocycles. The molecule has 0 aliphatic heterocycles. The van der Waals surface area contributed by atoms with Crippen molar-refractivity contribution < 1.29 is 14.1 Å². The predicted octanol–water partition coefficient (Wildman–Crippen LogP) is 4.03. The number of hydrogen-bond donors (Lipinski definition) is 2. The van der Waals surface area contributed by atoms with Gasteiger partial charge >= 0.3 is 0 Å². The van der Waals surface area contributed by atoms with Crippen LogP contribution in [-0.4, -0.2) is 18.0 Å². The average molecular weight is 384 g/mol. The van der Waals surface area contributed by atoms with E-state index in [1.807, 2.05) is 19.1 Å². The van der Waals surface area contributed by atoms with Crippen molar-refractivity contribution in [3.63, 3.8) is 0 Å². The van der Waals surface area contributed by atoms with E-state index in [-0.39, 0.29) is 11.9 Å². The van der Waals surface area contributed by atoms with Gasteiger partial charge in [-0.15, -0.1) is 0 Å². The zero-order chi connectivity index (χ0) is 19.9. The van der Waals surface area contributed by atoms with E-state index in [4.69, 9.17) is 4.42 Å². The van der Waals surface area contributed by atoms with E-state index in [1.54, 1.807) is 4.90 Å². The lowest BCUT2D eigenvalue weighted by Crippen LogP contribution is -3.13. The summed E-state index contributed by atoms with van der Waals surface area (Å²) >= 11 is 0. The SMILES string of the molecule is CC[C@@H](C)NC(=O)c1ccc(C[NH+](Cc2ccccc2C)C2CCCCC2)o1. The molecule has 1 aromatic carbocycles. The smallest absolute Gasteiger partial charge is 0.287 e. The van der Waals surface area contributed by atoms with Gasteiger partial charge in [0.2, 0.25) is 0 Å². The van der Waals surface area contributed by atoms with E-state index in [0.717, 1.165) is 25.3 Å². The predicted molar refractivity (Wildman–Crippen MR) is 112 cm³/mol. The highest BCUT2D eigenvalue weighted by molar-refractivity contribution is 5.91. The summed E-state index contributed by atoms with van der Waals surface area (Å²) in [5.41, 5.74) is 2.76. The third-order valence-electron chi connectivity index (χ3n) is 6.14. The molecule has 1 aliphatic rings. The quantitative estimate of drug-likeness (QED) is 0.723. The fourth-order valence-corrected chi connectivity index (χ4v) is 4.13. The standard InChI is InChI=1S/C24H34N2O2/c1-4-19(3)25-24(27)23-15-14-22(28-23)17-26(21-12-6-5-7-13-21)16-20-11-9-8-10-18(20)2/h8-11,14-15,19,21H,4-7,12-13,16-17H2,1-3H3,(H,25,27)/p+1/t19-/m1/s1. The molecular formula is C24H35N2O2+. The fraction of sp³-hybridized carbons (Fsp3) is 0.542. The number of carbonyl (C=O) groups excluding carboxylic acids is 1. The molecule has 2 aromatic rings. The second kappa shape index (κ2) is 9.92. The molecule has 152 valence electrons. The zero-order valence-electron chi connectivity index (χ0n) is 17.6. The molecule has 0 radical (unpaired) electrons. The Kier molecular flexibility index (Phi) is 7.32. The van der Waals surface area contributed by atoms with Crippen LogP contribution in [0.2, 0.25) is 0 Å². The highest BCUT2D eigenvalue weighted by Gasteiger charge is 2.27. The van der Waals surface area contributed by atoms with Crippen LogP contribution >= 0.6 is 0 Å². The molecule has 1 unspecified atom stereocenters. The second-order valence-electron chi connectivity index (χ2n) is 8.32. The number of rotatable bonds is 8. The maximum atomic E-state index is 12.3. The van der Waals surface area contributed by atoms with Gasteiger partial charge in [0.15, 0.2) is 11.5 Å². The number of carbonyl (C=O) groups is 1. The first-order chi connectivity index (χ1) is 13.6. The minimum atomic E-state index is -0.112. The van der Waals surface area contributed by atoms with E-state index in [2.05, 4.69) is 43.4 Å². The topological polar surface area (TPSA) is 46.7 Å². The van der Waals surface area contributed by atoms with Gasteiger partial charge in [0.25, 0.3) is 5.91 Å². The van der Waals surface area contributed by atoms with Gasteiger partial charge in [0, 0.05) is 11.6 Å². The van der Waals surface area contributed by atoms with Crippen LogP contribution < -0.4 is 10.2 Å². The van der Waals surface area contributed by atoms with Gasteiger partial charge in [0.1, 0.15) is 13.1 Å². The third-order valence-corrected chi connectivity index (χ3v) is 6.14. The highest BCUT2D eigenvalue weighted by Crippen LogP contribution is 2.17. The summed E-state index contributed by atoms with van der Waals surface area (Å²) in [5, 5.41) is 2.98. The van der Waals surface area contributed by atoms with Crippen molar-refractivity contribution in [3.8, 4) is 0 Å². The summed E-state index contributed by atoms with van der Waals surface area (Å²) in [4.78, 5) is 13.9. The van der Waals surface area contributed by atoms with Crippen LogP contribution in [0.4, 0.5) is 0 Å². The van der Waals surface area contributed by atoms with Crippen molar-refractivity contribution in [1.29, 1.82) is 0 Å². The van der Waals surface area contributed by atoms with Crippen LogP contribution in [0.1, 0.15) is 79.8 Å². The van der Waals surface area contributed by atoms with Crippen molar-refractivity contribution in [1.82, 2.24) is 5.32 Å². The lowest BCUT2D eigenvalue weighted by Gasteiger charge is -2.31. The minimum absolute atomic E-state index is 0.112. The van der Waals surface area contributed by atoms with Gasteiger partial charge in [-0.25, -0.2) is 0 Å². The van der Waals surface area contributed by atoms with Gasteiger partial charge in [-0.05, 0) is 63.6 Å². The number of amides is 1. The Labute approximate surface area is 169 Å². The minimum Gasteiger partial charge on any atom is -0.450 e. The van der Waals surface area contributed by atoms with Crippen LogP contribution in [0, 0.1) is 6.92 Å². The molecule has 28 heavy (non-hydrogen) atoms. The largest absolute Gasteiger partial charge is 0.450 e. The van der Waals surface area contributed by atoms with Gasteiger partial charge in [-0.1, -0.05) is 37.6 Å². The molecule has 1 heterocycles. The maximum Gasteiger partial charge on any atom is 0.287 e. The molecule has 2 N–H and O–H groups in total. The van der Waals surface area contributed by atoms with Crippen LogP contribution in [-0.2, 0) is 13.1 Å². The highest BCUT2D eigenvalue weighted by atomic mass is 16.4. The Morgan fingerprint density at radius 3 is 2.61 bits per heavy atom. The van der Waals surface area contributed by atoms with Crippen LogP contribution in [0.25, 0.3) is 0 Å². The van der Waals surface area contributed by atoms with Crippen molar-refractivity contribution in [2.75, 3.05) is 0 Å². The van der Waals surface area contributed by atoms with E-state index in [1.165, 1.54) is 43.2 Å². The van der Waals surface area contributed by atoms with Crippen LogP contribution in [0.15, 0.2) is 40.8 Å². The summed E-state index contributed by atoms with van der Waals surface area (Å²) in [7, 11) is 0. The molecule has 1 aromatic heterocycles. The molecule has 0 saturated heterocycles. The maximum absolute atomic E-state index is 12.3. The summed E-state index contributed by atoms with van der Waals surface area (Å²) in [6.07, 6.45) is 7.47. The molecule has 1 aliphatic carbocycles. The molecule has 1 fully saturated rings. The Bertz CT molecular complexity index is 761. The van der Waals surface area contributed by atoms with Crippen molar-refractivity contribution >= 4 is 5.91 Å². The fourth-order valence-electron chi connectivity index (χ4n) is 4.13. The summed E-state index contributed by atoms with van der Waals surface area (Å²) < 4.78 is 5.95. The van der Waals surface area contributed by atoms with Crippen molar-refractivity contribution in [2.45, 2.75) is 84.5 Å². The van der Waals surface area contributed by atoms with Crippen molar-refractivity contribution in [3.05, 3.63) is 59.0 Å². The first-order valence-electron chi connectivity index (χ1n) is 10.9. The molecule has 0 spiro atoms. The second-order valence-corrected chi connectivity index (χ2v) is 8.32. The Balaban J connectivity index is 1.72. The van der Waals surface area contributed by atoms with Crippen molar-refractivity contribution in [2.24, 2.45) is 0 Å². The molecule has 1 amide bonds. The van der Waals surface area contributed by atoms with Crippen LogP contribution in [0.3, 0.4) is 0 Å². The summed E-state index contributed by atoms with van der Waals surface area (Å²) in [6, 6.07) is 13.3. The van der Waals surface area contributed by atoms with Gasteiger partial charge in [-0.3, -0.25) is 4.79 Å². The first-order valence-corrected chi connectivity index (χ1v) is 10.9. The lowest BCUT2D eigenvalue weighted by atomic mass is 9.93. The number of benzene rings is 1. The van der Waals surface area contributed by atoms with Crippen LogP contribution in [0.5, 0.6) is 0 Å². The number of furan rings is 1. The monoisotopic (exact) mass is 383 g/mol. The van der Waals surface area contributed by atoms with Gasteiger partial charge in [0.05, 0.1) is 6.04 Å². The Morgan fingerprint density at radius 2 is 1.89 bits per heavy atom. The van der Waals surface area contributed by atoms with E-state index in [0.29, 0.717) is 11.8 Å². The molecule has 4 heteroatoms. The molecule has 4 nitrogen and oxygen atoms in total. The Hall–Kier alpha value is -2.07. The number of aryl methyl sites for hydroxylation is 1. The summed E-state index contributed by atoms with van der Waals surface area (Å²) in [5.74, 6) is 1.22. The van der Waals surface area contributed by atoms with Gasteiger partial charge < -0.3 is 14.6 Å². The Morgan fingerprint density at radius 1 is 1.14 bits per heavy atom. The zero-order valence-corrected chi connectivity index (χ0v) is 17.6. The molecule has 3 rings (SSSR count).